The fourth-order valence-electron chi connectivity index (χ4n) is 12.8. The van der Waals surface area contributed by atoms with Crippen LogP contribution in [0.5, 0.6) is 0 Å². The number of hydrogen-bond acceptors (Lipinski definition) is 25. The molecule has 3 heterocycles. The molecule has 0 aromatic carbocycles. The number of aliphatic hydroxyl groups excluding tert-OH is 9. The maximum atomic E-state index is 14.4. The van der Waals surface area contributed by atoms with E-state index in [1.165, 1.54) is 27.2 Å². The zero-order valence-electron chi connectivity index (χ0n) is 61.9. The minimum atomic E-state index is -1.53. The summed E-state index contributed by atoms with van der Waals surface area (Å²) < 4.78 is 40.3. The highest BCUT2D eigenvalue weighted by atomic mass is 16.7. The molecule has 3 aliphatic heterocycles. The van der Waals surface area contributed by atoms with Crippen LogP contribution in [0.15, 0.2) is 0 Å². The minimum Gasteiger partial charge on any atom is -0.394 e. The van der Waals surface area contributed by atoms with Crippen LogP contribution in [0.4, 0.5) is 0 Å². The summed E-state index contributed by atoms with van der Waals surface area (Å²) in [5, 5.41) is 117. The summed E-state index contributed by atoms with van der Waals surface area (Å²) in [7, 11) is 0. The topological polar surface area (TPSA) is 509 Å². The van der Waals surface area contributed by atoms with E-state index in [4.69, 9.17) is 33.2 Å². The minimum absolute atomic E-state index is 0.0370. The van der Waals surface area contributed by atoms with E-state index in [2.05, 4.69) is 75.5 Å². The molecule has 0 spiro atoms. The van der Waals surface area contributed by atoms with Gasteiger partial charge in [-0.2, -0.15) is 0 Å². The Balaban J connectivity index is 1.35. The van der Waals surface area contributed by atoms with Crippen molar-refractivity contribution in [2.24, 2.45) is 17.3 Å². The zero-order chi connectivity index (χ0) is 76.9. The third-order valence-electron chi connectivity index (χ3n) is 18.9. The Morgan fingerprint density at radius 1 is 0.442 bits per heavy atom. The first-order valence-electron chi connectivity index (χ1n) is 37.3. The molecule has 0 radical (unpaired) electrons. The molecule has 0 aromatic heterocycles. The van der Waals surface area contributed by atoms with E-state index in [0.717, 1.165) is 12.8 Å². The van der Waals surface area contributed by atoms with E-state index < -0.39 is 159 Å². The Morgan fingerprint density at radius 3 is 1.20 bits per heavy atom. The molecule has 9 amide bonds. The van der Waals surface area contributed by atoms with Crippen molar-refractivity contribution in [1.29, 1.82) is 0 Å². The highest BCUT2D eigenvalue weighted by Gasteiger charge is 2.48. The van der Waals surface area contributed by atoms with Crippen molar-refractivity contribution in [1.82, 2.24) is 47.9 Å². The van der Waals surface area contributed by atoms with Gasteiger partial charge < -0.3 is 127 Å². The van der Waals surface area contributed by atoms with Crippen LogP contribution in [0.1, 0.15) is 190 Å². The van der Waals surface area contributed by atoms with Crippen LogP contribution in [-0.4, -0.2) is 282 Å². The number of aliphatic hydroxyl groups is 9. The summed E-state index contributed by atoms with van der Waals surface area (Å²) in [4.78, 5) is 117. The van der Waals surface area contributed by atoms with Crippen LogP contribution in [0, 0.1) is 17.3 Å². The zero-order valence-corrected chi connectivity index (χ0v) is 61.9. The molecule has 20 unspecified atom stereocenters. The molecule has 4 aliphatic rings. The lowest BCUT2D eigenvalue weighted by atomic mass is 9.81. The van der Waals surface area contributed by atoms with E-state index in [9.17, 15) is 89.1 Å². The van der Waals surface area contributed by atoms with Crippen molar-refractivity contribution in [3.63, 3.8) is 0 Å². The standard InChI is InChI=1S/C70H125N9O25/c1-41(35-70(6,7)40-101-48-28-27-42(48)2)36-74-54(88)23-9-8-15-31-73-65(96)46(21-10-16-29-71-52(86)24-12-18-32-98-67-56(75-43(3)83)62(93)59(90)49(37-80)102-67)79-66(97)47(78-55(89)26-14-20-34-100-69-58(77-45(5)85)64(95)61(92)51(39-82)104-69)22-11-17-30-72-53(87)25-13-19-33-99-68-57(76-44(4)84)63(94)60(91)50(38-81)103-68/h41-42,46-51,56-64,67-69,80-82,90-95H,8-40H2,1-7H3,(H,71,86)(H,72,87)(H,73,96)(H,74,88)(H,75,83)(H,76,84)(H,77,85)(H,78,89)(H,79,97). The molecule has 20 atom stereocenters. The van der Waals surface area contributed by atoms with Crippen LogP contribution >= 0.6 is 0 Å². The van der Waals surface area contributed by atoms with Gasteiger partial charge in [-0.15, -0.1) is 0 Å². The second-order valence-electron chi connectivity index (χ2n) is 28.9. The summed E-state index contributed by atoms with van der Waals surface area (Å²) in [6, 6.07) is -5.66. The van der Waals surface area contributed by atoms with E-state index in [0.29, 0.717) is 102 Å². The first-order valence-corrected chi connectivity index (χ1v) is 37.3. The maximum absolute atomic E-state index is 14.4. The molecule has 600 valence electrons. The van der Waals surface area contributed by atoms with Gasteiger partial charge in [-0.1, -0.05) is 34.1 Å². The quantitative estimate of drug-likeness (QED) is 0.0282. The number of nitrogens with one attached hydrogen (secondary N) is 9. The molecule has 1 saturated carbocycles. The number of hydrogen-bond donors (Lipinski definition) is 18. The lowest BCUT2D eigenvalue weighted by Gasteiger charge is -2.42. The highest BCUT2D eigenvalue weighted by Crippen LogP contribution is 2.34. The van der Waals surface area contributed by atoms with Gasteiger partial charge in [0.2, 0.25) is 53.2 Å². The van der Waals surface area contributed by atoms with Crippen molar-refractivity contribution in [3.8, 4) is 0 Å². The smallest absolute Gasteiger partial charge is 0.243 e. The highest BCUT2D eigenvalue weighted by molar-refractivity contribution is 5.92. The third kappa shape index (κ3) is 33.4. The third-order valence-corrected chi connectivity index (χ3v) is 18.9. The van der Waals surface area contributed by atoms with E-state index in [1.807, 2.05) is 0 Å². The largest absolute Gasteiger partial charge is 0.394 e. The van der Waals surface area contributed by atoms with Gasteiger partial charge in [0.05, 0.1) is 32.5 Å². The number of carbonyl (C=O) groups excluding carboxylic acids is 9. The molecule has 34 nitrogen and oxygen atoms in total. The Labute approximate surface area is 610 Å². The molecule has 0 bridgehead atoms. The summed E-state index contributed by atoms with van der Waals surface area (Å²) in [5.74, 6) is -3.01. The van der Waals surface area contributed by atoms with Crippen LogP contribution < -0.4 is 47.9 Å². The van der Waals surface area contributed by atoms with Crippen molar-refractivity contribution >= 4 is 53.2 Å². The van der Waals surface area contributed by atoms with Crippen molar-refractivity contribution in [2.75, 3.05) is 72.4 Å². The lowest BCUT2D eigenvalue weighted by molar-refractivity contribution is -0.270. The van der Waals surface area contributed by atoms with Crippen LogP contribution in [-0.2, 0) is 76.3 Å². The van der Waals surface area contributed by atoms with Crippen LogP contribution in [0.2, 0.25) is 0 Å². The first-order chi connectivity index (χ1) is 49.5. The SMILES string of the molecule is CC(=O)NC1C(OCCCCC(=O)NCCCCC(NC(=O)CCCCOC2OC(CO)C(O)C(O)C2NC(C)=O)C(=O)NC(CCCCNC(=O)CCCCOC2OC(CO)C(O)C(O)C2NC(C)=O)C(=O)NCCCCCC(=O)NCC(C)CC(C)(C)COC2CCC2C)OC(CO)C(O)C1O. The number of rotatable bonds is 51. The average Bonchev–Trinajstić information content (AvgIpc) is 0.829. The fraction of sp³-hybridized carbons (Fsp3) is 0.871. The summed E-state index contributed by atoms with van der Waals surface area (Å²) in [6.07, 6.45) is -6.81. The number of carbonyl (C=O) groups is 9. The van der Waals surface area contributed by atoms with Crippen LogP contribution in [0.25, 0.3) is 0 Å². The summed E-state index contributed by atoms with van der Waals surface area (Å²) in [6.45, 7) is 12.4. The van der Waals surface area contributed by atoms with Crippen molar-refractivity contribution in [3.05, 3.63) is 0 Å². The van der Waals surface area contributed by atoms with Gasteiger partial charge >= 0.3 is 0 Å². The Kier molecular flexibility index (Phi) is 42.7. The number of ether oxygens (including phenoxy) is 7. The monoisotopic (exact) mass is 1490 g/mol. The Hall–Kier alpha value is -5.41. The van der Waals surface area contributed by atoms with Gasteiger partial charge in [0.1, 0.15) is 85.1 Å². The maximum Gasteiger partial charge on any atom is 0.243 e. The molecular formula is C70H125N9O25. The molecule has 1 aliphatic carbocycles. The Bertz CT molecular complexity index is 2580. The first kappa shape index (κ1) is 91.0. The number of unbranched alkanes of at least 4 members (excludes halogenated alkanes) is 7. The fourth-order valence-corrected chi connectivity index (χ4v) is 12.8. The van der Waals surface area contributed by atoms with Gasteiger partial charge in [-0.25, -0.2) is 0 Å². The van der Waals surface area contributed by atoms with Crippen molar-refractivity contribution in [2.45, 2.75) is 300 Å². The molecule has 18 N–H and O–H groups in total. The van der Waals surface area contributed by atoms with Crippen LogP contribution in [0.3, 0.4) is 0 Å². The van der Waals surface area contributed by atoms with Gasteiger partial charge in [0, 0.05) is 92.5 Å². The second kappa shape index (κ2) is 48.8. The molecule has 104 heavy (non-hydrogen) atoms. The summed E-state index contributed by atoms with van der Waals surface area (Å²) in [5.41, 5.74) is -0.0399. The summed E-state index contributed by atoms with van der Waals surface area (Å²) >= 11 is 0. The molecule has 3 saturated heterocycles. The predicted octanol–water partition coefficient (Wildman–Crippen LogP) is -2.42. The predicted molar refractivity (Wildman–Crippen MR) is 373 cm³/mol. The van der Waals surface area contributed by atoms with E-state index in [1.54, 1.807) is 0 Å². The van der Waals surface area contributed by atoms with Gasteiger partial charge in [-0.3, -0.25) is 43.2 Å². The van der Waals surface area contributed by atoms with E-state index >= 15 is 0 Å². The normalized spacial score (nSPS) is 27.8. The van der Waals surface area contributed by atoms with Gasteiger partial charge in [0.15, 0.2) is 18.9 Å². The number of amides is 9. The molecule has 0 aromatic rings. The molecular weight excluding hydrogens is 1370 g/mol. The second-order valence-corrected chi connectivity index (χ2v) is 28.9. The van der Waals surface area contributed by atoms with E-state index in [-0.39, 0.29) is 113 Å². The molecule has 34 heteroatoms. The average molecular weight is 1490 g/mol. The van der Waals surface area contributed by atoms with Gasteiger partial charge in [-0.05, 0) is 126 Å². The Morgan fingerprint density at radius 2 is 0.817 bits per heavy atom. The molecule has 4 rings (SSSR count). The van der Waals surface area contributed by atoms with Gasteiger partial charge in [0.25, 0.3) is 0 Å². The lowest BCUT2D eigenvalue weighted by Crippen LogP contribution is -2.64. The molecule has 4 fully saturated rings. The van der Waals surface area contributed by atoms with Crippen molar-refractivity contribution < 1.29 is 122 Å².